The summed E-state index contributed by atoms with van der Waals surface area (Å²) in [6, 6.07) is 4.65. The first-order valence-electron chi connectivity index (χ1n) is 7.82. The first-order valence-corrected chi connectivity index (χ1v) is 7.82. The van der Waals surface area contributed by atoms with Crippen LogP contribution in [0.5, 0.6) is 0 Å². The quantitative estimate of drug-likeness (QED) is 0.674. The van der Waals surface area contributed by atoms with Gasteiger partial charge in [0.05, 0.1) is 11.8 Å². The van der Waals surface area contributed by atoms with E-state index in [1.165, 1.54) is 18.3 Å². The summed E-state index contributed by atoms with van der Waals surface area (Å²) in [6.07, 6.45) is -0.377. The zero-order valence-corrected chi connectivity index (χ0v) is 13.1. The number of hydrogen-bond acceptors (Lipinski definition) is 3. The summed E-state index contributed by atoms with van der Waals surface area (Å²) < 4.78 is 55.2. The summed E-state index contributed by atoms with van der Waals surface area (Å²) in [6.45, 7) is 0. The third-order valence-corrected chi connectivity index (χ3v) is 4.52. The Hall–Kier alpha value is -2.28. The molecule has 3 rings (SSSR count). The van der Waals surface area contributed by atoms with Crippen LogP contribution in [0.4, 0.5) is 17.6 Å². The molecular formula is C18H15F4NO2. The second-order valence-corrected chi connectivity index (χ2v) is 6.05. The predicted octanol–water partition coefficient (Wildman–Crippen LogP) is 3.69. The van der Waals surface area contributed by atoms with Crippen LogP contribution in [0, 0.1) is 17.5 Å². The van der Waals surface area contributed by atoms with Crippen molar-refractivity contribution >= 4 is 5.78 Å². The van der Waals surface area contributed by atoms with E-state index in [9.17, 15) is 23.1 Å². The summed E-state index contributed by atoms with van der Waals surface area (Å²) in [5.41, 5.74) is -2.41. The maximum atomic E-state index is 15.4. The number of fused-ring (bicyclic) bond motifs is 1. The van der Waals surface area contributed by atoms with Crippen LogP contribution in [0.3, 0.4) is 0 Å². The molecule has 1 N–H and O–H groups in total. The van der Waals surface area contributed by atoms with E-state index in [0.29, 0.717) is 0 Å². The average molecular weight is 353 g/mol. The Morgan fingerprint density at radius 3 is 2.76 bits per heavy atom. The molecule has 0 unspecified atom stereocenters. The molecule has 7 heteroatoms. The van der Waals surface area contributed by atoms with Crippen LogP contribution < -0.4 is 0 Å². The highest BCUT2D eigenvalue weighted by Crippen LogP contribution is 2.43. The van der Waals surface area contributed by atoms with Gasteiger partial charge in [0, 0.05) is 18.2 Å². The van der Waals surface area contributed by atoms with Crippen molar-refractivity contribution < 1.29 is 27.5 Å². The maximum absolute atomic E-state index is 15.4. The summed E-state index contributed by atoms with van der Waals surface area (Å²) in [5.74, 6) is -5.12. The minimum Gasteiger partial charge on any atom is -0.387 e. The summed E-state index contributed by atoms with van der Waals surface area (Å²) >= 11 is 0. The molecular weight excluding hydrogens is 338 g/mol. The lowest BCUT2D eigenvalue weighted by atomic mass is 9.77. The molecule has 25 heavy (non-hydrogen) atoms. The molecule has 0 saturated heterocycles. The number of nitrogens with zero attached hydrogens (tertiary/aromatic N) is 1. The minimum atomic E-state index is -2.34. The number of ketones is 1. The SMILES string of the molecule is O=C(CCc1ccc(F)c(F)c1F)[C@]1(F)CC[C@@H](O)c2ncccc21. The Kier molecular flexibility index (Phi) is 4.60. The Morgan fingerprint density at radius 1 is 1.24 bits per heavy atom. The van der Waals surface area contributed by atoms with Gasteiger partial charge >= 0.3 is 0 Å². The molecule has 2 aromatic rings. The molecule has 1 aromatic carbocycles. The number of aryl methyl sites for hydroxylation is 1. The average Bonchev–Trinajstić information content (AvgIpc) is 2.62. The fraction of sp³-hybridized carbons (Fsp3) is 0.333. The second-order valence-electron chi connectivity index (χ2n) is 6.05. The number of Topliss-reactive ketones (excluding diaryl/α,β-unsaturated/α-hetero) is 1. The van der Waals surface area contributed by atoms with Crippen LogP contribution in [-0.4, -0.2) is 15.9 Å². The molecule has 0 saturated carbocycles. The molecule has 2 atom stereocenters. The van der Waals surface area contributed by atoms with Gasteiger partial charge in [-0.1, -0.05) is 12.1 Å². The van der Waals surface area contributed by atoms with Gasteiger partial charge in [-0.05, 0) is 37.0 Å². The molecule has 0 aliphatic heterocycles. The van der Waals surface area contributed by atoms with Gasteiger partial charge < -0.3 is 5.11 Å². The molecule has 0 amide bonds. The van der Waals surface area contributed by atoms with Crippen LogP contribution in [0.2, 0.25) is 0 Å². The van der Waals surface area contributed by atoms with Crippen molar-refractivity contribution in [3.05, 3.63) is 64.7 Å². The van der Waals surface area contributed by atoms with E-state index < -0.39 is 35.0 Å². The number of pyridine rings is 1. The molecule has 0 bridgehead atoms. The Balaban J connectivity index is 1.82. The van der Waals surface area contributed by atoms with E-state index in [1.54, 1.807) is 0 Å². The maximum Gasteiger partial charge on any atom is 0.195 e. The fourth-order valence-electron chi connectivity index (χ4n) is 3.12. The lowest BCUT2D eigenvalue weighted by Crippen LogP contribution is -2.37. The number of halogens is 4. The molecule has 1 heterocycles. The third-order valence-electron chi connectivity index (χ3n) is 4.52. The summed E-state index contributed by atoms with van der Waals surface area (Å²) in [5, 5.41) is 9.91. The predicted molar refractivity (Wildman–Crippen MR) is 80.9 cm³/mol. The molecule has 0 spiro atoms. The van der Waals surface area contributed by atoms with Crippen LogP contribution in [-0.2, 0) is 16.9 Å². The van der Waals surface area contributed by atoms with Crippen molar-refractivity contribution in [2.75, 3.05) is 0 Å². The second kappa shape index (κ2) is 6.55. The third kappa shape index (κ3) is 3.04. The van der Waals surface area contributed by atoms with E-state index in [1.807, 2.05) is 0 Å². The number of alkyl halides is 1. The minimum absolute atomic E-state index is 0.00417. The summed E-state index contributed by atoms with van der Waals surface area (Å²) in [7, 11) is 0. The molecule has 1 aromatic heterocycles. The summed E-state index contributed by atoms with van der Waals surface area (Å²) in [4.78, 5) is 16.4. The van der Waals surface area contributed by atoms with Crippen LogP contribution >= 0.6 is 0 Å². The monoisotopic (exact) mass is 353 g/mol. The van der Waals surface area contributed by atoms with Crippen molar-refractivity contribution in [3.8, 4) is 0 Å². The van der Waals surface area contributed by atoms with E-state index >= 15 is 4.39 Å². The highest BCUT2D eigenvalue weighted by Gasteiger charge is 2.45. The Morgan fingerprint density at radius 2 is 2.00 bits per heavy atom. The van der Waals surface area contributed by atoms with E-state index in [2.05, 4.69) is 4.98 Å². The molecule has 3 nitrogen and oxygen atoms in total. The van der Waals surface area contributed by atoms with Crippen molar-refractivity contribution in [2.45, 2.75) is 37.5 Å². The van der Waals surface area contributed by atoms with Crippen LogP contribution in [0.1, 0.15) is 42.2 Å². The number of rotatable bonds is 4. The molecule has 132 valence electrons. The number of hydrogen-bond donors (Lipinski definition) is 1. The Labute approximate surface area is 141 Å². The number of aliphatic hydroxyl groups is 1. The normalized spacial score (nSPS) is 22.5. The first kappa shape index (κ1) is 17.5. The fourth-order valence-corrected chi connectivity index (χ4v) is 3.12. The number of aliphatic hydroxyl groups excluding tert-OH is 1. The highest BCUT2D eigenvalue weighted by molar-refractivity contribution is 5.89. The van der Waals surface area contributed by atoms with E-state index in [-0.39, 0.29) is 42.5 Å². The molecule has 1 aliphatic rings. The van der Waals surface area contributed by atoms with Gasteiger partial charge in [0.15, 0.2) is 28.9 Å². The van der Waals surface area contributed by atoms with Gasteiger partial charge in [0.25, 0.3) is 0 Å². The molecule has 0 radical (unpaired) electrons. The molecule has 0 fully saturated rings. The van der Waals surface area contributed by atoms with Crippen molar-refractivity contribution in [2.24, 2.45) is 0 Å². The standard InChI is InChI=1S/C18H15F4NO2/c19-12-5-3-10(15(20)16(12)21)4-6-14(25)18(22)8-7-13(24)17-11(18)2-1-9-23-17/h1-3,5,9,13,24H,4,6-8H2/t13-,18+/m1/s1. The smallest absolute Gasteiger partial charge is 0.195 e. The van der Waals surface area contributed by atoms with Crippen molar-refractivity contribution in [1.29, 1.82) is 0 Å². The van der Waals surface area contributed by atoms with Gasteiger partial charge in [-0.2, -0.15) is 0 Å². The van der Waals surface area contributed by atoms with Crippen molar-refractivity contribution in [1.82, 2.24) is 4.98 Å². The highest BCUT2D eigenvalue weighted by atomic mass is 19.2. The van der Waals surface area contributed by atoms with E-state index in [4.69, 9.17) is 0 Å². The van der Waals surface area contributed by atoms with Gasteiger partial charge in [-0.25, -0.2) is 17.6 Å². The Bertz CT molecular complexity index is 827. The van der Waals surface area contributed by atoms with Crippen LogP contribution in [0.25, 0.3) is 0 Å². The topological polar surface area (TPSA) is 50.2 Å². The van der Waals surface area contributed by atoms with Gasteiger partial charge in [0.1, 0.15) is 0 Å². The zero-order chi connectivity index (χ0) is 18.2. The number of carbonyl (C=O) groups excluding carboxylic acids is 1. The van der Waals surface area contributed by atoms with Crippen LogP contribution in [0.15, 0.2) is 30.5 Å². The number of benzene rings is 1. The number of carbonyl (C=O) groups is 1. The van der Waals surface area contributed by atoms with Crippen molar-refractivity contribution in [3.63, 3.8) is 0 Å². The lowest BCUT2D eigenvalue weighted by Gasteiger charge is -2.32. The molecule has 1 aliphatic carbocycles. The van der Waals surface area contributed by atoms with Gasteiger partial charge in [0.2, 0.25) is 0 Å². The van der Waals surface area contributed by atoms with E-state index in [0.717, 1.165) is 12.1 Å². The number of aromatic nitrogens is 1. The van der Waals surface area contributed by atoms with Gasteiger partial charge in [-0.3, -0.25) is 9.78 Å². The lowest BCUT2D eigenvalue weighted by molar-refractivity contribution is -0.133. The van der Waals surface area contributed by atoms with Gasteiger partial charge in [-0.15, -0.1) is 0 Å². The largest absolute Gasteiger partial charge is 0.387 e. The first-order chi connectivity index (χ1) is 11.8. The zero-order valence-electron chi connectivity index (χ0n) is 13.1.